The number of carbonyl (C=O) groups is 2. The minimum atomic E-state index is -1.28. The normalized spacial score (nSPS) is 8.00. The van der Waals surface area contributed by atoms with Crippen LogP contribution in [0.3, 0.4) is 0 Å². The van der Waals surface area contributed by atoms with Crippen molar-refractivity contribution in [1.29, 1.82) is 0 Å². The SMILES string of the molecule is CC(C)C(C(=O)O)C(=O)O.[CH3-].[NH2-].[Pt+2]. The Labute approximate surface area is 92.4 Å². The van der Waals surface area contributed by atoms with Crippen LogP contribution in [-0.4, -0.2) is 22.2 Å². The molecule has 5 nitrogen and oxygen atoms in total. The van der Waals surface area contributed by atoms with Gasteiger partial charge in [0, 0.05) is 0 Å². The van der Waals surface area contributed by atoms with Gasteiger partial charge in [-0.3, -0.25) is 9.59 Å². The van der Waals surface area contributed by atoms with Gasteiger partial charge in [-0.1, -0.05) is 13.8 Å². The second-order valence-electron chi connectivity index (χ2n) is 2.40. The first-order valence-electron chi connectivity index (χ1n) is 2.92. The van der Waals surface area contributed by atoms with Crippen molar-refractivity contribution in [3.63, 3.8) is 0 Å². The van der Waals surface area contributed by atoms with Crippen molar-refractivity contribution in [3.8, 4) is 0 Å². The van der Waals surface area contributed by atoms with Crippen molar-refractivity contribution in [3.05, 3.63) is 13.6 Å². The van der Waals surface area contributed by atoms with Crippen LogP contribution in [0.15, 0.2) is 0 Å². The molecule has 13 heavy (non-hydrogen) atoms. The van der Waals surface area contributed by atoms with Gasteiger partial charge in [0.15, 0.2) is 5.92 Å². The van der Waals surface area contributed by atoms with Crippen molar-refractivity contribution in [2.45, 2.75) is 13.8 Å². The van der Waals surface area contributed by atoms with E-state index in [4.69, 9.17) is 10.2 Å². The molecule has 0 aliphatic heterocycles. The fourth-order valence-electron chi connectivity index (χ4n) is 0.676. The fraction of sp³-hybridized carbons (Fsp3) is 0.571. The molecule has 0 radical (unpaired) electrons. The van der Waals surface area contributed by atoms with Gasteiger partial charge in [0.25, 0.3) is 0 Å². The largest absolute Gasteiger partial charge is 2.00 e. The van der Waals surface area contributed by atoms with E-state index >= 15 is 0 Å². The molecule has 0 aliphatic rings. The Balaban J connectivity index is -0.000000135. The van der Waals surface area contributed by atoms with E-state index in [-0.39, 0.29) is 40.6 Å². The second-order valence-corrected chi connectivity index (χ2v) is 2.40. The maximum atomic E-state index is 10.2. The summed E-state index contributed by atoms with van der Waals surface area (Å²) < 4.78 is 0. The summed E-state index contributed by atoms with van der Waals surface area (Å²) in [6.07, 6.45) is 0. The van der Waals surface area contributed by atoms with Crippen molar-refractivity contribution in [2.75, 3.05) is 0 Å². The van der Waals surface area contributed by atoms with Gasteiger partial charge in [-0.25, -0.2) is 0 Å². The van der Waals surface area contributed by atoms with E-state index in [1.807, 2.05) is 0 Å². The van der Waals surface area contributed by atoms with Crippen LogP contribution in [-0.2, 0) is 30.7 Å². The Hall–Kier alpha value is -0.412. The number of hydrogen-bond donors (Lipinski definition) is 2. The van der Waals surface area contributed by atoms with E-state index in [1.165, 1.54) is 0 Å². The first-order chi connectivity index (χ1) is 4.46. The molecule has 0 amide bonds. The quantitative estimate of drug-likeness (QED) is 0.579. The summed E-state index contributed by atoms with van der Waals surface area (Å²) in [5, 5.41) is 16.7. The average molecular weight is 372 g/mol. The fourth-order valence-corrected chi connectivity index (χ4v) is 0.676. The summed E-state index contributed by atoms with van der Waals surface area (Å²) in [5.74, 6) is -4.19. The van der Waals surface area contributed by atoms with Crippen molar-refractivity contribution < 1.29 is 40.9 Å². The van der Waals surface area contributed by atoms with E-state index in [2.05, 4.69) is 0 Å². The molecule has 0 rings (SSSR count). The summed E-state index contributed by atoms with van der Waals surface area (Å²) in [6, 6.07) is 0. The number of rotatable bonds is 3. The van der Waals surface area contributed by atoms with Crippen LogP contribution in [0.1, 0.15) is 13.8 Å². The number of carboxylic acid groups (broad SMARTS) is 2. The predicted molar refractivity (Wildman–Crippen MR) is 45.3 cm³/mol. The molecule has 0 aromatic rings. The number of carboxylic acids is 2. The Kier molecular flexibility index (Phi) is 17.1. The zero-order chi connectivity index (χ0) is 8.31. The zero-order valence-corrected chi connectivity index (χ0v) is 10.0. The van der Waals surface area contributed by atoms with Crippen LogP contribution < -0.4 is 0 Å². The molecule has 0 unspecified atom stereocenters. The molecule has 0 aromatic heterocycles. The molecule has 0 aromatic carbocycles. The van der Waals surface area contributed by atoms with Crippen LogP contribution in [0, 0.1) is 19.3 Å². The van der Waals surface area contributed by atoms with Gasteiger partial charge in [0.1, 0.15) is 0 Å². The predicted octanol–water partition coefficient (Wildman–Crippen LogP) is 1.59. The molecular formula is C7H15NO4Pt. The smallest absolute Gasteiger partial charge is 0.693 e. The molecule has 0 spiro atoms. The zero-order valence-electron chi connectivity index (χ0n) is 7.76. The molecule has 0 aliphatic carbocycles. The number of nitrogens with two attached hydrogens (primary N) is 1. The summed E-state index contributed by atoms with van der Waals surface area (Å²) in [4.78, 5) is 20.4. The van der Waals surface area contributed by atoms with Gasteiger partial charge >= 0.3 is 33.0 Å². The molecule has 0 saturated carbocycles. The van der Waals surface area contributed by atoms with Crippen LogP contribution >= 0.6 is 0 Å². The summed E-state index contributed by atoms with van der Waals surface area (Å²) in [6.45, 7) is 3.12. The minimum Gasteiger partial charge on any atom is -0.693 e. The van der Waals surface area contributed by atoms with Crippen molar-refractivity contribution >= 4 is 11.9 Å². The molecule has 0 atom stereocenters. The van der Waals surface area contributed by atoms with Crippen molar-refractivity contribution in [2.24, 2.45) is 11.8 Å². The van der Waals surface area contributed by atoms with Gasteiger partial charge in [-0.05, 0) is 5.92 Å². The van der Waals surface area contributed by atoms with E-state index in [0.29, 0.717) is 0 Å². The Morgan fingerprint density at radius 1 is 1.08 bits per heavy atom. The third-order valence-corrected chi connectivity index (χ3v) is 1.20. The summed E-state index contributed by atoms with van der Waals surface area (Å²) in [7, 11) is 0. The van der Waals surface area contributed by atoms with Gasteiger partial charge in [-0.15, -0.1) is 0 Å². The van der Waals surface area contributed by atoms with E-state index < -0.39 is 17.9 Å². The maximum Gasteiger partial charge on any atom is 2.00 e. The molecule has 0 fully saturated rings. The number of hydrogen-bond acceptors (Lipinski definition) is 2. The van der Waals surface area contributed by atoms with E-state index in [1.54, 1.807) is 13.8 Å². The summed E-state index contributed by atoms with van der Waals surface area (Å²) in [5.41, 5.74) is 0. The van der Waals surface area contributed by atoms with Crippen LogP contribution in [0.2, 0.25) is 0 Å². The molecular weight excluding hydrogens is 357 g/mol. The maximum absolute atomic E-state index is 10.2. The van der Waals surface area contributed by atoms with Gasteiger partial charge < -0.3 is 23.8 Å². The average Bonchev–Trinajstić information content (AvgIpc) is 1.59. The van der Waals surface area contributed by atoms with Gasteiger partial charge in [0.05, 0.1) is 0 Å². The summed E-state index contributed by atoms with van der Waals surface area (Å²) >= 11 is 0. The first kappa shape index (κ1) is 22.9. The monoisotopic (exact) mass is 372 g/mol. The third-order valence-electron chi connectivity index (χ3n) is 1.20. The Morgan fingerprint density at radius 2 is 1.31 bits per heavy atom. The Morgan fingerprint density at radius 3 is 1.31 bits per heavy atom. The van der Waals surface area contributed by atoms with Crippen LogP contribution in [0.25, 0.3) is 6.15 Å². The molecule has 0 saturated heterocycles. The Bertz CT molecular complexity index is 147. The third kappa shape index (κ3) is 7.93. The first-order valence-corrected chi connectivity index (χ1v) is 2.92. The number of aliphatic carboxylic acids is 2. The van der Waals surface area contributed by atoms with E-state index in [0.717, 1.165) is 0 Å². The van der Waals surface area contributed by atoms with Gasteiger partial charge in [-0.2, -0.15) is 0 Å². The molecule has 6 heteroatoms. The topological polar surface area (TPSA) is 108 Å². The molecule has 0 heterocycles. The van der Waals surface area contributed by atoms with Crippen molar-refractivity contribution in [1.82, 2.24) is 0 Å². The van der Waals surface area contributed by atoms with Crippen LogP contribution in [0.5, 0.6) is 0 Å². The van der Waals surface area contributed by atoms with Gasteiger partial charge in [0.2, 0.25) is 0 Å². The molecule has 82 valence electrons. The van der Waals surface area contributed by atoms with Crippen LogP contribution in [0.4, 0.5) is 0 Å². The molecule has 4 N–H and O–H groups in total. The molecule has 0 bridgehead atoms. The minimum absolute atomic E-state index is 0. The standard InChI is InChI=1S/C6H10O4.CH3.H2N.Pt/c1-3(2)4(5(7)8)6(9)10;;;/h3-4H,1-2H3,(H,7,8)(H,9,10);1H3;1H2;/q;2*-1;+2. The second kappa shape index (κ2) is 9.67. The van der Waals surface area contributed by atoms with E-state index in [9.17, 15) is 9.59 Å².